The van der Waals surface area contributed by atoms with E-state index in [4.69, 9.17) is 11.6 Å². The van der Waals surface area contributed by atoms with E-state index in [0.29, 0.717) is 0 Å². The van der Waals surface area contributed by atoms with Gasteiger partial charge in [-0.1, -0.05) is 25.4 Å². The second-order valence-electron chi connectivity index (χ2n) is 5.31. The van der Waals surface area contributed by atoms with Crippen LogP contribution in [0.4, 0.5) is 14.5 Å². The molecule has 0 aromatic heterocycles. The van der Waals surface area contributed by atoms with Gasteiger partial charge in [-0.05, 0) is 36.4 Å². The van der Waals surface area contributed by atoms with E-state index in [9.17, 15) is 22.0 Å². The number of hydrogen-bond donors (Lipinski definition) is 1. The van der Waals surface area contributed by atoms with Gasteiger partial charge in [0.1, 0.15) is 16.5 Å². The minimum absolute atomic E-state index is 0.0172. The first-order valence-corrected chi connectivity index (χ1v) is 9.58. The third kappa shape index (κ3) is 4.20. The molecular formula is C17H17ClF2N2O3S. The molecule has 0 aliphatic heterocycles. The fourth-order valence-corrected chi connectivity index (χ4v) is 4.09. The van der Waals surface area contributed by atoms with Crippen molar-refractivity contribution in [3.63, 3.8) is 0 Å². The van der Waals surface area contributed by atoms with Crippen LogP contribution >= 0.6 is 11.6 Å². The van der Waals surface area contributed by atoms with Crippen molar-refractivity contribution in [2.24, 2.45) is 0 Å². The van der Waals surface area contributed by atoms with Crippen molar-refractivity contribution >= 4 is 33.2 Å². The number of hydrogen-bond acceptors (Lipinski definition) is 3. The van der Waals surface area contributed by atoms with Gasteiger partial charge in [-0.25, -0.2) is 17.2 Å². The summed E-state index contributed by atoms with van der Waals surface area (Å²) in [4.78, 5) is 11.8. The Hall–Kier alpha value is -2.03. The summed E-state index contributed by atoms with van der Waals surface area (Å²) in [6, 6.07) is 6.45. The van der Waals surface area contributed by atoms with Crippen molar-refractivity contribution in [3.05, 3.63) is 58.6 Å². The molecule has 0 aliphatic rings. The predicted molar refractivity (Wildman–Crippen MR) is 95.9 cm³/mol. The van der Waals surface area contributed by atoms with Crippen molar-refractivity contribution in [1.82, 2.24) is 4.31 Å². The Kier molecular flexibility index (Phi) is 6.33. The van der Waals surface area contributed by atoms with Gasteiger partial charge in [0, 0.05) is 18.7 Å². The zero-order valence-electron chi connectivity index (χ0n) is 14.1. The number of anilines is 1. The normalized spacial score (nSPS) is 11.6. The van der Waals surface area contributed by atoms with Crippen LogP contribution in [0.5, 0.6) is 0 Å². The lowest BCUT2D eigenvalue weighted by Crippen LogP contribution is -2.31. The average Bonchev–Trinajstić information content (AvgIpc) is 2.58. The predicted octanol–water partition coefficient (Wildman–Crippen LogP) is 3.90. The SMILES string of the molecule is CCN(CC)S(=O)(=O)c1cc(C(=O)Nc2ccc(F)cc2Cl)ccc1F. The van der Waals surface area contributed by atoms with Crippen LogP contribution in [0.25, 0.3) is 0 Å². The number of carbonyl (C=O) groups is 1. The largest absolute Gasteiger partial charge is 0.321 e. The highest BCUT2D eigenvalue weighted by atomic mass is 35.5. The molecule has 140 valence electrons. The van der Waals surface area contributed by atoms with Gasteiger partial charge in [-0.2, -0.15) is 4.31 Å². The highest BCUT2D eigenvalue weighted by Gasteiger charge is 2.26. The fraction of sp³-hybridized carbons (Fsp3) is 0.235. The molecule has 0 spiro atoms. The van der Waals surface area contributed by atoms with Crippen LogP contribution in [0.3, 0.4) is 0 Å². The first-order chi connectivity index (χ1) is 12.2. The highest BCUT2D eigenvalue weighted by Crippen LogP contribution is 2.25. The first kappa shape index (κ1) is 20.3. The number of amides is 1. The summed E-state index contributed by atoms with van der Waals surface area (Å²) in [7, 11) is -4.07. The van der Waals surface area contributed by atoms with E-state index < -0.39 is 32.5 Å². The van der Waals surface area contributed by atoms with Crippen LogP contribution in [0.15, 0.2) is 41.3 Å². The quantitative estimate of drug-likeness (QED) is 0.796. The molecule has 0 fully saturated rings. The summed E-state index contributed by atoms with van der Waals surface area (Å²) in [6.07, 6.45) is 0. The van der Waals surface area contributed by atoms with Crippen LogP contribution in [0.2, 0.25) is 5.02 Å². The van der Waals surface area contributed by atoms with Gasteiger partial charge in [0.05, 0.1) is 10.7 Å². The zero-order valence-corrected chi connectivity index (χ0v) is 15.7. The van der Waals surface area contributed by atoms with Gasteiger partial charge in [-0.3, -0.25) is 4.79 Å². The molecule has 2 aromatic rings. The molecule has 0 saturated carbocycles. The molecule has 9 heteroatoms. The number of carbonyl (C=O) groups excluding carboxylic acids is 1. The second-order valence-corrected chi connectivity index (χ2v) is 7.63. The maximum Gasteiger partial charge on any atom is 0.255 e. The van der Waals surface area contributed by atoms with E-state index in [1.54, 1.807) is 13.8 Å². The number of benzene rings is 2. The van der Waals surface area contributed by atoms with E-state index >= 15 is 0 Å². The molecule has 5 nitrogen and oxygen atoms in total. The Bertz CT molecular complexity index is 932. The molecule has 0 bridgehead atoms. The topological polar surface area (TPSA) is 66.5 Å². The van der Waals surface area contributed by atoms with Crippen LogP contribution in [0, 0.1) is 11.6 Å². The van der Waals surface area contributed by atoms with Crippen LogP contribution in [-0.2, 0) is 10.0 Å². The standard InChI is InChI=1S/C17H17ClF2N2O3S/c1-3-22(4-2)26(24,25)16-9-11(5-7-14(16)20)17(23)21-15-8-6-12(19)10-13(15)18/h5-10H,3-4H2,1-2H3,(H,21,23). The lowest BCUT2D eigenvalue weighted by molar-refractivity contribution is 0.102. The number of sulfonamides is 1. The molecule has 0 saturated heterocycles. The molecule has 0 heterocycles. The lowest BCUT2D eigenvalue weighted by atomic mass is 10.2. The maximum atomic E-state index is 14.1. The molecule has 0 radical (unpaired) electrons. The summed E-state index contributed by atoms with van der Waals surface area (Å²) < 4.78 is 53.3. The van der Waals surface area contributed by atoms with E-state index in [2.05, 4.69) is 5.32 Å². The number of nitrogens with zero attached hydrogens (tertiary/aromatic N) is 1. The Morgan fingerprint density at radius 1 is 1.12 bits per heavy atom. The zero-order chi connectivity index (χ0) is 19.5. The summed E-state index contributed by atoms with van der Waals surface area (Å²) in [5.74, 6) is -2.22. The third-order valence-corrected chi connectivity index (χ3v) is 6.07. The molecule has 0 unspecified atom stereocenters. The van der Waals surface area contributed by atoms with Gasteiger partial charge in [0.15, 0.2) is 0 Å². The lowest BCUT2D eigenvalue weighted by Gasteiger charge is -2.19. The van der Waals surface area contributed by atoms with Crippen molar-refractivity contribution in [2.45, 2.75) is 18.7 Å². The molecule has 1 N–H and O–H groups in total. The second kappa shape index (κ2) is 8.11. The van der Waals surface area contributed by atoms with E-state index in [-0.39, 0.29) is 29.4 Å². The van der Waals surface area contributed by atoms with Crippen LogP contribution in [-0.4, -0.2) is 31.7 Å². The van der Waals surface area contributed by atoms with Gasteiger partial charge in [0.25, 0.3) is 5.91 Å². The molecule has 0 atom stereocenters. The van der Waals surface area contributed by atoms with Gasteiger partial charge in [-0.15, -0.1) is 0 Å². The van der Waals surface area contributed by atoms with Crippen molar-refractivity contribution in [3.8, 4) is 0 Å². The van der Waals surface area contributed by atoms with Gasteiger partial charge in [0.2, 0.25) is 10.0 Å². The maximum absolute atomic E-state index is 14.1. The highest BCUT2D eigenvalue weighted by molar-refractivity contribution is 7.89. The summed E-state index contributed by atoms with van der Waals surface area (Å²) in [5.41, 5.74) is 0.0769. The number of halogens is 3. The fourth-order valence-electron chi connectivity index (χ4n) is 2.33. The Morgan fingerprint density at radius 2 is 1.77 bits per heavy atom. The average molecular weight is 403 g/mol. The first-order valence-electron chi connectivity index (χ1n) is 7.76. The van der Waals surface area contributed by atoms with Crippen molar-refractivity contribution in [2.75, 3.05) is 18.4 Å². The minimum atomic E-state index is -4.07. The Labute approximate surface area is 155 Å². The summed E-state index contributed by atoms with van der Waals surface area (Å²) >= 11 is 5.85. The third-order valence-electron chi connectivity index (χ3n) is 3.70. The molecule has 26 heavy (non-hydrogen) atoms. The smallest absolute Gasteiger partial charge is 0.255 e. The van der Waals surface area contributed by atoms with E-state index in [1.807, 2.05) is 0 Å². The monoisotopic (exact) mass is 402 g/mol. The Balaban J connectivity index is 2.38. The minimum Gasteiger partial charge on any atom is -0.321 e. The van der Waals surface area contributed by atoms with E-state index in [0.717, 1.165) is 34.6 Å². The summed E-state index contributed by atoms with van der Waals surface area (Å²) in [6.45, 7) is 3.60. The Morgan fingerprint density at radius 3 is 2.35 bits per heavy atom. The van der Waals surface area contributed by atoms with Gasteiger partial charge >= 0.3 is 0 Å². The number of rotatable bonds is 6. The molecule has 1 amide bonds. The van der Waals surface area contributed by atoms with Crippen molar-refractivity contribution in [1.29, 1.82) is 0 Å². The molecule has 2 rings (SSSR count). The number of nitrogens with one attached hydrogen (secondary N) is 1. The molecule has 0 aliphatic carbocycles. The van der Waals surface area contributed by atoms with Crippen LogP contribution in [0.1, 0.15) is 24.2 Å². The van der Waals surface area contributed by atoms with Gasteiger partial charge < -0.3 is 5.32 Å². The summed E-state index contributed by atoms with van der Waals surface area (Å²) in [5, 5.41) is 2.42. The molecular weight excluding hydrogens is 386 g/mol. The van der Waals surface area contributed by atoms with Crippen LogP contribution < -0.4 is 5.32 Å². The molecule has 2 aromatic carbocycles. The van der Waals surface area contributed by atoms with Crippen molar-refractivity contribution < 1.29 is 22.0 Å². The van der Waals surface area contributed by atoms with E-state index in [1.165, 1.54) is 6.07 Å².